The molecule has 1 aromatic heterocycles. The van der Waals surface area contributed by atoms with E-state index in [1.807, 2.05) is 91.0 Å². The molecule has 11 rings (SSSR count). The van der Waals surface area contributed by atoms with Crippen LogP contribution in [-0.4, -0.2) is 4.57 Å². The normalized spacial score (nSPS) is 16.4. The van der Waals surface area contributed by atoms with Crippen LogP contribution in [0.25, 0.3) is 49.4 Å². The van der Waals surface area contributed by atoms with E-state index in [9.17, 15) is 6.85 Å². The fourth-order valence-electron chi connectivity index (χ4n) is 8.97. The second kappa shape index (κ2) is 12.5. The quantitative estimate of drug-likeness (QED) is 0.167. The van der Waals surface area contributed by atoms with Crippen molar-refractivity contribution < 1.29 is 9.60 Å². The molecule has 1 heterocycles. The SMILES string of the molecule is [2H]c1c([2H])c([2H])c2c(C3(c4cccc5c6ccccc6n(-c6ccccc6)c45)c4ccccc4-c4cc(N(c5ccccc5)c5ccccc5)ccc43)c([2H])c([2H])c([2H])c2c1[2H]. The van der Waals surface area contributed by atoms with Crippen molar-refractivity contribution in [2.24, 2.45) is 0 Å². The summed E-state index contributed by atoms with van der Waals surface area (Å²) in [6.45, 7) is 0. The first-order valence-electron chi connectivity index (χ1n) is 22.0. The number of nitrogens with zero attached hydrogens (tertiary/aromatic N) is 2. The Bertz CT molecular complexity index is 3390. The number of para-hydroxylation sites is 5. The largest absolute Gasteiger partial charge is 0.310 e. The lowest BCUT2D eigenvalue weighted by Gasteiger charge is -2.36. The van der Waals surface area contributed by atoms with Crippen LogP contribution in [0.1, 0.15) is 31.8 Å². The zero-order chi connectivity index (χ0) is 42.4. The highest BCUT2D eigenvalue weighted by Crippen LogP contribution is 2.59. The zero-order valence-electron chi connectivity index (χ0n) is 36.6. The van der Waals surface area contributed by atoms with Gasteiger partial charge in [-0.05, 0) is 98.8 Å². The number of fused-ring (bicyclic) bond motifs is 7. The van der Waals surface area contributed by atoms with Crippen LogP contribution in [0.5, 0.6) is 0 Å². The second-order valence-electron chi connectivity index (χ2n) is 13.9. The Kier molecular flexibility index (Phi) is 5.66. The molecule has 258 valence electrons. The number of benzene rings is 9. The Morgan fingerprint density at radius 2 is 1.04 bits per heavy atom. The van der Waals surface area contributed by atoms with Crippen LogP contribution in [0.4, 0.5) is 17.1 Å². The molecule has 0 saturated heterocycles. The molecule has 0 aliphatic heterocycles. The second-order valence-corrected chi connectivity index (χ2v) is 13.9. The Balaban J connectivity index is 1.37. The fourth-order valence-corrected chi connectivity index (χ4v) is 8.97. The summed E-state index contributed by atoms with van der Waals surface area (Å²) in [5.41, 5.74) is 8.51. The van der Waals surface area contributed by atoms with E-state index in [1.165, 1.54) is 0 Å². The molecule has 55 heavy (non-hydrogen) atoms. The summed E-state index contributed by atoms with van der Waals surface area (Å²) in [4.78, 5) is 2.20. The molecule has 0 fully saturated rings. The maximum Gasteiger partial charge on any atom is 0.0740 e. The molecule has 0 radical (unpaired) electrons. The molecule has 1 aliphatic rings. The molecule has 1 atom stereocenters. The third kappa shape index (κ3) is 4.62. The van der Waals surface area contributed by atoms with Gasteiger partial charge in [0.25, 0.3) is 0 Å². The Labute approximate surface area is 330 Å². The third-order valence-corrected chi connectivity index (χ3v) is 11.1. The van der Waals surface area contributed by atoms with E-state index in [0.29, 0.717) is 0 Å². The molecule has 2 nitrogen and oxygen atoms in total. The average molecular weight is 708 g/mol. The summed E-state index contributed by atoms with van der Waals surface area (Å²) in [6.07, 6.45) is 0. The van der Waals surface area contributed by atoms with Gasteiger partial charge in [-0.25, -0.2) is 0 Å². The van der Waals surface area contributed by atoms with Gasteiger partial charge in [0.2, 0.25) is 0 Å². The molecular weight excluding hydrogens is 665 g/mol. The van der Waals surface area contributed by atoms with Crippen LogP contribution in [-0.2, 0) is 5.41 Å². The van der Waals surface area contributed by atoms with Crippen LogP contribution < -0.4 is 4.90 Å². The first-order chi connectivity index (χ1) is 30.2. The predicted octanol–water partition coefficient (Wildman–Crippen LogP) is 13.8. The van der Waals surface area contributed by atoms with E-state index in [-0.39, 0.29) is 28.4 Å². The minimum Gasteiger partial charge on any atom is -0.310 e. The van der Waals surface area contributed by atoms with E-state index < -0.39 is 35.6 Å². The zero-order valence-corrected chi connectivity index (χ0v) is 29.6. The van der Waals surface area contributed by atoms with E-state index in [2.05, 4.69) is 94.4 Å². The van der Waals surface area contributed by atoms with Crippen LogP contribution in [0.15, 0.2) is 218 Å². The van der Waals surface area contributed by atoms with Crippen LogP contribution >= 0.6 is 0 Å². The Hall–Kier alpha value is -7.16. The summed E-state index contributed by atoms with van der Waals surface area (Å²) in [5, 5.41) is 1.96. The van der Waals surface area contributed by atoms with Crippen molar-refractivity contribution in [2.45, 2.75) is 5.41 Å². The molecule has 10 aromatic rings. The van der Waals surface area contributed by atoms with E-state index in [4.69, 9.17) is 2.74 Å². The maximum atomic E-state index is 10.0. The van der Waals surface area contributed by atoms with Gasteiger partial charge < -0.3 is 9.47 Å². The molecule has 0 amide bonds. The topological polar surface area (TPSA) is 8.17 Å². The minimum absolute atomic E-state index is 0.0586. The molecule has 1 aliphatic carbocycles. The van der Waals surface area contributed by atoms with Crippen LogP contribution in [0.2, 0.25) is 0 Å². The van der Waals surface area contributed by atoms with Crippen LogP contribution in [0.3, 0.4) is 0 Å². The molecule has 0 spiro atoms. The summed E-state index contributed by atoms with van der Waals surface area (Å²) in [7, 11) is 0. The van der Waals surface area contributed by atoms with Gasteiger partial charge in [-0.1, -0.05) is 164 Å². The van der Waals surface area contributed by atoms with Gasteiger partial charge in [-0.15, -0.1) is 0 Å². The highest BCUT2D eigenvalue weighted by Gasteiger charge is 2.48. The molecule has 2 heteroatoms. The van der Waals surface area contributed by atoms with Gasteiger partial charge >= 0.3 is 0 Å². The van der Waals surface area contributed by atoms with Crippen molar-refractivity contribution in [3.8, 4) is 16.8 Å². The highest BCUT2D eigenvalue weighted by atomic mass is 15.1. The van der Waals surface area contributed by atoms with Crippen molar-refractivity contribution in [3.05, 3.63) is 240 Å². The predicted molar refractivity (Wildman–Crippen MR) is 230 cm³/mol. The molecule has 9 aromatic carbocycles. The van der Waals surface area contributed by atoms with E-state index in [0.717, 1.165) is 72.4 Å². The standard InChI is InChI=1S/C53H36N2/c1-4-20-38(21-5-1)54(39-22-6-2-7-23-39)41-34-35-49-46(36-41)43-27-12-14-30-48(43)53(49,47-31-16-19-37-18-10-11-26-42(37)47)50-32-17-29-45-44-28-13-15-33-51(44)55(52(45)50)40-24-8-3-9-25-40/h1-36H/i10D,11D,16D,18D,19D,26D,31D. The van der Waals surface area contributed by atoms with Gasteiger partial charge in [0.1, 0.15) is 0 Å². The monoisotopic (exact) mass is 707 g/mol. The number of anilines is 3. The van der Waals surface area contributed by atoms with Gasteiger partial charge in [0.05, 0.1) is 26.0 Å². The van der Waals surface area contributed by atoms with Crippen LogP contribution in [0, 0.1) is 0 Å². The number of aromatic nitrogens is 1. The molecule has 0 N–H and O–H groups in total. The van der Waals surface area contributed by atoms with Crippen molar-refractivity contribution in [1.82, 2.24) is 4.57 Å². The van der Waals surface area contributed by atoms with Crippen molar-refractivity contribution in [2.75, 3.05) is 4.90 Å². The smallest absolute Gasteiger partial charge is 0.0740 e. The Morgan fingerprint density at radius 3 is 1.84 bits per heavy atom. The van der Waals surface area contributed by atoms with E-state index >= 15 is 0 Å². The first kappa shape index (κ1) is 25.0. The van der Waals surface area contributed by atoms with Crippen molar-refractivity contribution in [3.63, 3.8) is 0 Å². The van der Waals surface area contributed by atoms with Crippen molar-refractivity contribution >= 4 is 49.6 Å². The minimum atomic E-state index is -1.44. The number of rotatable bonds is 6. The lowest BCUT2D eigenvalue weighted by atomic mass is 9.66. The molecule has 0 saturated carbocycles. The summed E-state index contributed by atoms with van der Waals surface area (Å²) in [5.74, 6) is 0. The van der Waals surface area contributed by atoms with Crippen molar-refractivity contribution in [1.29, 1.82) is 0 Å². The first-order valence-corrected chi connectivity index (χ1v) is 18.5. The number of hydrogen-bond acceptors (Lipinski definition) is 1. The molecule has 0 bridgehead atoms. The Morgan fingerprint density at radius 1 is 0.418 bits per heavy atom. The summed E-state index contributed by atoms with van der Waals surface area (Å²) in [6, 6.07) is 56.6. The number of hydrogen-bond donors (Lipinski definition) is 0. The summed E-state index contributed by atoms with van der Waals surface area (Å²) >= 11 is 0. The molecular formula is C53H36N2. The van der Waals surface area contributed by atoms with Gasteiger partial charge in [0.15, 0.2) is 0 Å². The van der Waals surface area contributed by atoms with E-state index in [1.54, 1.807) is 0 Å². The van der Waals surface area contributed by atoms with Gasteiger partial charge in [-0.3, -0.25) is 0 Å². The average Bonchev–Trinajstić information content (AvgIpc) is 3.81. The molecule has 1 unspecified atom stereocenters. The third-order valence-electron chi connectivity index (χ3n) is 11.1. The lowest BCUT2D eigenvalue weighted by Crippen LogP contribution is -2.29. The van der Waals surface area contributed by atoms with Gasteiger partial charge in [0, 0.05) is 33.5 Å². The maximum absolute atomic E-state index is 10.0. The lowest BCUT2D eigenvalue weighted by molar-refractivity contribution is 0.780. The fraction of sp³-hybridized carbons (Fsp3) is 0.0189. The van der Waals surface area contributed by atoms with Gasteiger partial charge in [-0.2, -0.15) is 0 Å². The highest BCUT2D eigenvalue weighted by molar-refractivity contribution is 6.12. The summed E-state index contributed by atoms with van der Waals surface area (Å²) < 4.78 is 67.4.